The molecule has 4 nitrogen and oxygen atoms in total. The van der Waals surface area contributed by atoms with Crippen molar-refractivity contribution in [3.05, 3.63) is 57.8 Å². The highest BCUT2D eigenvalue weighted by molar-refractivity contribution is 6.42. The number of aromatic carboxylic acids is 1. The largest absolute Gasteiger partial charge is 0.489 e. The number of aromatic nitrogens is 1. The first-order valence-electron chi connectivity index (χ1n) is 5.32. The Bertz CT molecular complexity index is 617. The van der Waals surface area contributed by atoms with Crippen LogP contribution in [-0.4, -0.2) is 16.1 Å². The van der Waals surface area contributed by atoms with Gasteiger partial charge in [0.15, 0.2) is 0 Å². The van der Waals surface area contributed by atoms with Crippen molar-refractivity contribution in [1.29, 1.82) is 0 Å². The molecular weight excluding hydrogens is 289 g/mol. The molecule has 0 radical (unpaired) electrons. The zero-order valence-corrected chi connectivity index (χ0v) is 11.1. The normalized spacial score (nSPS) is 10.2. The number of nitrogens with zero attached hydrogens (tertiary/aromatic N) is 1. The summed E-state index contributed by atoms with van der Waals surface area (Å²) < 4.78 is 5.50. The number of carboxylic acid groups (broad SMARTS) is 1. The molecular formula is C13H9Cl2NO3. The summed E-state index contributed by atoms with van der Waals surface area (Å²) in [6.45, 7) is 0.223. The Hall–Kier alpha value is -1.78. The van der Waals surface area contributed by atoms with Gasteiger partial charge in [-0.1, -0.05) is 23.2 Å². The fourth-order valence-electron chi connectivity index (χ4n) is 1.41. The molecule has 0 spiro atoms. The van der Waals surface area contributed by atoms with Crippen LogP contribution in [0.25, 0.3) is 0 Å². The molecule has 0 amide bonds. The van der Waals surface area contributed by atoms with Crippen molar-refractivity contribution < 1.29 is 14.6 Å². The number of halogens is 2. The van der Waals surface area contributed by atoms with Gasteiger partial charge < -0.3 is 9.84 Å². The zero-order valence-electron chi connectivity index (χ0n) is 9.64. The molecule has 0 aliphatic rings. The summed E-state index contributed by atoms with van der Waals surface area (Å²) in [5.41, 5.74) is 0.689. The average Bonchev–Trinajstić information content (AvgIpc) is 2.40. The number of hydrogen-bond acceptors (Lipinski definition) is 3. The van der Waals surface area contributed by atoms with Crippen LogP contribution in [0.15, 0.2) is 36.5 Å². The maximum absolute atomic E-state index is 10.8. The van der Waals surface area contributed by atoms with Crippen molar-refractivity contribution in [2.75, 3.05) is 0 Å². The summed E-state index contributed by atoms with van der Waals surface area (Å²) in [6, 6.07) is 8.06. The van der Waals surface area contributed by atoms with Crippen LogP contribution < -0.4 is 4.74 Å². The molecule has 1 N–H and O–H groups in total. The van der Waals surface area contributed by atoms with Crippen LogP contribution in [0.1, 0.15) is 16.1 Å². The minimum absolute atomic E-state index is 0.0183. The lowest BCUT2D eigenvalue weighted by atomic mass is 10.2. The fourth-order valence-corrected chi connectivity index (χ4v) is 1.70. The lowest BCUT2D eigenvalue weighted by molar-refractivity contribution is 0.0690. The van der Waals surface area contributed by atoms with Gasteiger partial charge >= 0.3 is 5.97 Å². The molecule has 2 rings (SSSR count). The Morgan fingerprint density at radius 3 is 2.68 bits per heavy atom. The number of carboxylic acids is 1. The topological polar surface area (TPSA) is 59.4 Å². The van der Waals surface area contributed by atoms with Gasteiger partial charge in [-0.2, -0.15) is 0 Å². The smallest absolute Gasteiger partial charge is 0.354 e. The summed E-state index contributed by atoms with van der Waals surface area (Å²) in [7, 11) is 0. The molecule has 1 aromatic carbocycles. The molecule has 0 saturated carbocycles. The summed E-state index contributed by atoms with van der Waals surface area (Å²) in [6.07, 6.45) is 1.43. The van der Waals surface area contributed by atoms with Gasteiger partial charge in [0.25, 0.3) is 0 Å². The SMILES string of the molecule is O=C(O)c1cc(COc2ccc(Cl)c(Cl)c2)ccn1. The van der Waals surface area contributed by atoms with Crippen molar-refractivity contribution in [3.8, 4) is 5.75 Å². The van der Waals surface area contributed by atoms with Crippen LogP contribution in [0, 0.1) is 0 Å². The second-order valence-electron chi connectivity index (χ2n) is 3.72. The Morgan fingerprint density at radius 2 is 2.00 bits per heavy atom. The van der Waals surface area contributed by atoms with Gasteiger partial charge in [0, 0.05) is 12.3 Å². The van der Waals surface area contributed by atoms with Gasteiger partial charge in [0.2, 0.25) is 0 Å². The second kappa shape index (κ2) is 5.91. The van der Waals surface area contributed by atoms with E-state index in [9.17, 15) is 4.79 Å². The van der Waals surface area contributed by atoms with Crippen LogP contribution in [0.4, 0.5) is 0 Å². The van der Waals surface area contributed by atoms with E-state index in [1.54, 1.807) is 24.3 Å². The second-order valence-corrected chi connectivity index (χ2v) is 4.53. The lowest BCUT2D eigenvalue weighted by Gasteiger charge is -2.07. The molecule has 1 aromatic heterocycles. The molecule has 19 heavy (non-hydrogen) atoms. The minimum atomic E-state index is -1.07. The number of pyridine rings is 1. The summed E-state index contributed by atoms with van der Waals surface area (Å²) in [5.74, 6) is -0.514. The van der Waals surface area contributed by atoms with Gasteiger partial charge in [0.1, 0.15) is 18.1 Å². The van der Waals surface area contributed by atoms with Gasteiger partial charge in [-0.3, -0.25) is 0 Å². The molecule has 0 aliphatic carbocycles. The molecule has 1 heterocycles. The van der Waals surface area contributed by atoms with E-state index in [4.69, 9.17) is 33.0 Å². The first-order chi connectivity index (χ1) is 9.06. The highest BCUT2D eigenvalue weighted by atomic mass is 35.5. The highest BCUT2D eigenvalue weighted by Crippen LogP contribution is 2.26. The van der Waals surface area contributed by atoms with Gasteiger partial charge in [-0.15, -0.1) is 0 Å². The first kappa shape index (κ1) is 13.6. The quantitative estimate of drug-likeness (QED) is 0.935. The number of rotatable bonds is 4. The lowest BCUT2D eigenvalue weighted by Crippen LogP contribution is -2.02. The molecule has 0 fully saturated rings. The predicted molar refractivity (Wildman–Crippen MR) is 72.0 cm³/mol. The number of ether oxygens (including phenoxy) is 1. The van der Waals surface area contributed by atoms with E-state index in [2.05, 4.69) is 4.98 Å². The van der Waals surface area contributed by atoms with Crippen LogP contribution in [-0.2, 0) is 6.61 Å². The van der Waals surface area contributed by atoms with Crippen LogP contribution in [0.5, 0.6) is 5.75 Å². The maximum atomic E-state index is 10.8. The molecule has 98 valence electrons. The fraction of sp³-hybridized carbons (Fsp3) is 0.0769. The Balaban J connectivity index is 2.07. The molecule has 0 bridgehead atoms. The molecule has 0 saturated heterocycles. The van der Waals surface area contributed by atoms with Gasteiger partial charge in [-0.25, -0.2) is 9.78 Å². The highest BCUT2D eigenvalue weighted by Gasteiger charge is 2.06. The molecule has 0 atom stereocenters. The van der Waals surface area contributed by atoms with Crippen molar-refractivity contribution in [1.82, 2.24) is 4.98 Å². The average molecular weight is 298 g/mol. The van der Waals surface area contributed by atoms with E-state index < -0.39 is 5.97 Å². The van der Waals surface area contributed by atoms with Crippen molar-refractivity contribution >= 4 is 29.2 Å². The number of carbonyl (C=O) groups is 1. The Morgan fingerprint density at radius 1 is 1.21 bits per heavy atom. The standard InChI is InChI=1S/C13H9Cl2NO3/c14-10-2-1-9(6-11(10)15)19-7-8-3-4-16-12(5-8)13(17)18/h1-6H,7H2,(H,17,18). The predicted octanol–water partition coefficient (Wildman–Crippen LogP) is 3.67. The monoisotopic (exact) mass is 297 g/mol. The first-order valence-corrected chi connectivity index (χ1v) is 6.08. The van der Waals surface area contributed by atoms with E-state index in [-0.39, 0.29) is 12.3 Å². The third kappa shape index (κ3) is 3.59. The third-order valence-corrected chi connectivity index (χ3v) is 3.08. The van der Waals surface area contributed by atoms with E-state index in [1.165, 1.54) is 12.3 Å². The summed E-state index contributed by atoms with van der Waals surface area (Å²) in [5, 5.41) is 9.68. The Labute approximate surface area is 119 Å². The third-order valence-electron chi connectivity index (χ3n) is 2.34. The van der Waals surface area contributed by atoms with Crippen LogP contribution >= 0.6 is 23.2 Å². The van der Waals surface area contributed by atoms with E-state index >= 15 is 0 Å². The van der Waals surface area contributed by atoms with Crippen molar-refractivity contribution in [3.63, 3.8) is 0 Å². The van der Waals surface area contributed by atoms with Crippen LogP contribution in [0.2, 0.25) is 10.0 Å². The van der Waals surface area contributed by atoms with Gasteiger partial charge in [-0.05, 0) is 29.8 Å². The van der Waals surface area contributed by atoms with E-state index in [1.807, 2.05) is 0 Å². The van der Waals surface area contributed by atoms with E-state index in [0.29, 0.717) is 21.4 Å². The summed E-state index contributed by atoms with van der Waals surface area (Å²) in [4.78, 5) is 14.5. The summed E-state index contributed by atoms with van der Waals surface area (Å²) >= 11 is 11.7. The van der Waals surface area contributed by atoms with Crippen LogP contribution in [0.3, 0.4) is 0 Å². The zero-order chi connectivity index (χ0) is 13.8. The Kier molecular flexibility index (Phi) is 4.24. The number of hydrogen-bond donors (Lipinski definition) is 1. The van der Waals surface area contributed by atoms with Crippen molar-refractivity contribution in [2.45, 2.75) is 6.61 Å². The number of benzene rings is 1. The minimum Gasteiger partial charge on any atom is -0.489 e. The molecule has 0 unspecified atom stereocenters. The molecule has 6 heteroatoms. The molecule has 0 aliphatic heterocycles. The maximum Gasteiger partial charge on any atom is 0.354 e. The van der Waals surface area contributed by atoms with E-state index in [0.717, 1.165) is 0 Å². The van der Waals surface area contributed by atoms with Crippen molar-refractivity contribution in [2.24, 2.45) is 0 Å². The van der Waals surface area contributed by atoms with Gasteiger partial charge in [0.05, 0.1) is 10.0 Å². The molecule has 2 aromatic rings.